The van der Waals surface area contributed by atoms with E-state index in [9.17, 15) is 0 Å². The number of ether oxygens (including phenoxy) is 2. The first kappa shape index (κ1) is 14.8. The van der Waals surface area contributed by atoms with Crippen molar-refractivity contribution < 1.29 is 9.47 Å². The number of nitrogens with zero attached hydrogens (tertiary/aromatic N) is 3. The fraction of sp³-hybridized carbons (Fsp3) is 0.118. The summed E-state index contributed by atoms with van der Waals surface area (Å²) < 4.78 is 11.4. The maximum absolute atomic E-state index is 5.89. The molecule has 0 amide bonds. The molecular weight excluding hydrogens is 292 g/mol. The van der Waals surface area contributed by atoms with E-state index in [0.717, 1.165) is 5.56 Å². The van der Waals surface area contributed by atoms with Gasteiger partial charge in [0.05, 0.1) is 30.9 Å². The van der Waals surface area contributed by atoms with Crippen LogP contribution in [0.5, 0.6) is 17.2 Å². The minimum atomic E-state index is 0.357. The summed E-state index contributed by atoms with van der Waals surface area (Å²) in [6, 6.07) is 9.32. The molecule has 6 heteroatoms. The van der Waals surface area contributed by atoms with E-state index in [4.69, 9.17) is 15.2 Å². The van der Waals surface area contributed by atoms with Gasteiger partial charge in [0.2, 0.25) is 0 Å². The Morgan fingerprint density at radius 1 is 1.00 bits per heavy atom. The fourth-order valence-corrected chi connectivity index (χ4v) is 2.07. The van der Waals surface area contributed by atoms with Gasteiger partial charge in [0.25, 0.3) is 0 Å². The summed E-state index contributed by atoms with van der Waals surface area (Å²) in [7, 11) is 0. The summed E-state index contributed by atoms with van der Waals surface area (Å²) in [4.78, 5) is 12.5. The van der Waals surface area contributed by atoms with Gasteiger partial charge in [-0.15, -0.1) is 0 Å². The zero-order valence-corrected chi connectivity index (χ0v) is 12.6. The van der Waals surface area contributed by atoms with E-state index in [1.165, 1.54) is 6.20 Å². The van der Waals surface area contributed by atoms with E-state index in [0.29, 0.717) is 35.4 Å². The molecule has 0 atom stereocenters. The van der Waals surface area contributed by atoms with Crippen LogP contribution in [0.25, 0.3) is 11.3 Å². The van der Waals surface area contributed by atoms with Crippen LogP contribution in [0.15, 0.2) is 55.1 Å². The van der Waals surface area contributed by atoms with Gasteiger partial charge in [-0.25, -0.2) is 4.98 Å². The second-order valence-corrected chi connectivity index (χ2v) is 4.72. The predicted molar refractivity (Wildman–Crippen MR) is 87.4 cm³/mol. The average Bonchev–Trinajstić information content (AvgIpc) is 2.57. The van der Waals surface area contributed by atoms with Gasteiger partial charge in [-0.05, 0) is 25.1 Å². The van der Waals surface area contributed by atoms with Crippen molar-refractivity contribution in [1.29, 1.82) is 0 Å². The summed E-state index contributed by atoms with van der Waals surface area (Å²) in [5.74, 6) is 2.26. The molecule has 2 N–H and O–H groups in total. The molecule has 0 saturated carbocycles. The third-order valence-corrected chi connectivity index (χ3v) is 3.04. The highest BCUT2D eigenvalue weighted by molar-refractivity contribution is 5.60. The van der Waals surface area contributed by atoms with Crippen molar-refractivity contribution >= 4 is 5.82 Å². The Morgan fingerprint density at radius 2 is 1.78 bits per heavy atom. The SMILES string of the molecule is CCOc1ccccc1Oc1cncc(-c2cncc(N)n2)c1. The Bertz CT molecular complexity index is 808. The van der Waals surface area contributed by atoms with Crippen LogP contribution in [0, 0.1) is 0 Å². The lowest BCUT2D eigenvalue weighted by atomic mass is 10.2. The molecule has 0 aliphatic rings. The largest absolute Gasteiger partial charge is 0.490 e. The van der Waals surface area contributed by atoms with Crippen LogP contribution in [-0.4, -0.2) is 21.6 Å². The maximum atomic E-state index is 5.89. The molecule has 6 nitrogen and oxygen atoms in total. The van der Waals surface area contributed by atoms with E-state index >= 15 is 0 Å². The molecule has 3 rings (SSSR count). The molecule has 0 bridgehead atoms. The van der Waals surface area contributed by atoms with Crippen molar-refractivity contribution in [2.75, 3.05) is 12.3 Å². The molecule has 0 saturated heterocycles. The normalized spacial score (nSPS) is 10.3. The Balaban J connectivity index is 1.89. The Morgan fingerprint density at radius 3 is 2.57 bits per heavy atom. The van der Waals surface area contributed by atoms with Crippen molar-refractivity contribution in [2.45, 2.75) is 6.92 Å². The third kappa shape index (κ3) is 3.55. The summed E-state index contributed by atoms with van der Waals surface area (Å²) in [5, 5.41) is 0. The Hall–Kier alpha value is -3.15. The zero-order valence-electron chi connectivity index (χ0n) is 12.6. The molecule has 2 aromatic heterocycles. The number of benzene rings is 1. The van der Waals surface area contributed by atoms with Crippen molar-refractivity contribution in [3.63, 3.8) is 0 Å². The van der Waals surface area contributed by atoms with Gasteiger partial charge in [0.1, 0.15) is 11.6 Å². The van der Waals surface area contributed by atoms with Crippen LogP contribution < -0.4 is 15.2 Å². The minimum absolute atomic E-state index is 0.357. The second-order valence-electron chi connectivity index (χ2n) is 4.72. The molecule has 0 aliphatic carbocycles. The first-order valence-corrected chi connectivity index (χ1v) is 7.19. The van der Waals surface area contributed by atoms with E-state index in [1.807, 2.05) is 37.3 Å². The Kier molecular flexibility index (Phi) is 4.33. The number of pyridine rings is 1. The maximum Gasteiger partial charge on any atom is 0.169 e. The smallest absolute Gasteiger partial charge is 0.169 e. The van der Waals surface area contributed by atoms with Crippen LogP contribution in [0.4, 0.5) is 5.82 Å². The van der Waals surface area contributed by atoms with E-state index in [2.05, 4.69) is 15.0 Å². The summed E-state index contributed by atoms with van der Waals surface area (Å²) in [5.41, 5.74) is 7.08. The number of para-hydroxylation sites is 2. The van der Waals surface area contributed by atoms with E-state index in [-0.39, 0.29) is 0 Å². The number of nitrogen functional groups attached to an aromatic ring is 1. The molecule has 3 aromatic rings. The lowest BCUT2D eigenvalue weighted by Gasteiger charge is -2.11. The highest BCUT2D eigenvalue weighted by Crippen LogP contribution is 2.32. The lowest BCUT2D eigenvalue weighted by Crippen LogP contribution is -1.96. The van der Waals surface area contributed by atoms with Gasteiger partial charge in [0, 0.05) is 11.8 Å². The molecule has 0 fully saturated rings. The average molecular weight is 308 g/mol. The predicted octanol–water partition coefficient (Wildman–Crippen LogP) is 3.31. The molecule has 0 radical (unpaired) electrons. The lowest BCUT2D eigenvalue weighted by molar-refractivity contribution is 0.321. The molecule has 0 unspecified atom stereocenters. The van der Waals surface area contributed by atoms with Gasteiger partial charge >= 0.3 is 0 Å². The number of hydrogen-bond acceptors (Lipinski definition) is 6. The van der Waals surface area contributed by atoms with Crippen molar-refractivity contribution in [1.82, 2.24) is 15.0 Å². The molecule has 1 aromatic carbocycles. The van der Waals surface area contributed by atoms with E-state index < -0.39 is 0 Å². The summed E-state index contributed by atoms with van der Waals surface area (Å²) in [6.45, 7) is 2.50. The van der Waals surface area contributed by atoms with Crippen LogP contribution >= 0.6 is 0 Å². The van der Waals surface area contributed by atoms with Gasteiger partial charge in [-0.2, -0.15) is 0 Å². The van der Waals surface area contributed by atoms with Crippen molar-refractivity contribution in [2.24, 2.45) is 0 Å². The highest BCUT2D eigenvalue weighted by atomic mass is 16.5. The van der Waals surface area contributed by atoms with Gasteiger partial charge in [-0.3, -0.25) is 9.97 Å². The van der Waals surface area contributed by atoms with Crippen LogP contribution in [0.3, 0.4) is 0 Å². The third-order valence-electron chi connectivity index (χ3n) is 3.04. The standard InChI is InChI=1S/C17H16N4O2/c1-2-22-15-5-3-4-6-16(15)23-13-7-12(8-19-9-13)14-10-20-11-17(18)21-14/h3-11H,2H2,1H3,(H2,18,21). The topological polar surface area (TPSA) is 83.2 Å². The minimum Gasteiger partial charge on any atom is -0.490 e. The first-order chi connectivity index (χ1) is 11.3. The number of nitrogens with two attached hydrogens (primary N) is 1. The second kappa shape index (κ2) is 6.74. The molecule has 0 spiro atoms. The van der Waals surface area contributed by atoms with Gasteiger partial charge < -0.3 is 15.2 Å². The molecule has 2 heterocycles. The van der Waals surface area contributed by atoms with E-state index in [1.54, 1.807) is 18.6 Å². The monoisotopic (exact) mass is 308 g/mol. The molecular formula is C17H16N4O2. The number of rotatable bonds is 5. The van der Waals surface area contributed by atoms with Gasteiger partial charge in [0.15, 0.2) is 11.5 Å². The summed E-state index contributed by atoms with van der Waals surface area (Å²) in [6.07, 6.45) is 6.44. The number of aromatic nitrogens is 3. The number of anilines is 1. The highest BCUT2D eigenvalue weighted by Gasteiger charge is 2.08. The first-order valence-electron chi connectivity index (χ1n) is 7.19. The molecule has 23 heavy (non-hydrogen) atoms. The van der Waals surface area contributed by atoms with Crippen LogP contribution in [-0.2, 0) is 0 Å². The zero-order chi connectivity index (χ0) is 16.1. The van der Waals surface area contributed by atoms with Gasteiger partial charge in [-0.1, -0.05) is 12.1 Å². The van der Waals surface area contributed by atoms with Crippen LogP contribution in [0.2, 0.25) is 0 Å². The fourth-order valence-electron chi connectivity index (χ4n) is 2.07. The Labute approximate surface area is 134 Å². The van der Waals surface area contributed by atoms with Crippen LogP contribution in [0.1, 0.15) is 6.92 Å². The number of hydrogen-bond donors (Lipinski definition) is 1. The van der Waals surface area contributed by atoms with Crippen molar-refractivity contribution in [3.05, 3.63) is 55.1 Å². The quantitative estimate of drug-likeness (QED) is 0.778. The summed E-state index contributed by atoms with van der Waals surface area (Å²) >= 11 is 0. The van der Waals surface area contributed by atoms with Crippen molar-refractivity contribution in [3.8, 4) is 28.5 Å². The molecule has 0 aliphatic heterocycles. The molecule has 116 valence electrons.